The van der Waals surface area contributed by atoms with Crippen molar-refractivity contribution >= 4 is 17.6 Å². The van der Waals surface area contributed by atoms with Gasteiger partial charge in [0.1, 0.15) is 17.9 Å². The number of piperidine rings is 1. The fourth-order valence-corrected chi connectivity index (χ4v) is 7.21. The normalized spacial score (nSPS) is 25.9. The maximum Gasteiger partial charge on any atom is 0.282 e. The van der Waals surface area contributed by atoms with E-state index in [0.29, 0.717) is 17.7 Å². The van der Waals surface area contributed by atoms with Gasteiger partial charge in [-0.25, -0.2) is 9.37 Å². The monoisotopic (exact) mass is 567 g/mol. The van der Waals surface area contributed by atoms with E-state index in [1.54, 1.807) is 13.8 Å². The van der Waals surface area contributed by atoms with Crippen molar-refractivity contribution in [2.75, 3.05) is 44.1 Å². The predicted octanol–water partition coefficient (Wildman–Crippen LogP) is 3.49. The van der Waals surface area contributed by atoms with E-state index in [2.05, 4.69) is 25.4 Å². The van der Waals surface area contributed by atoms with Gasteiger partial charge in [0.25, 0.3) is 11.8 Å². The first-order valence-corrected chi connectivity index (χ1v) is 14.7. The lowest BCUT2D eigenvalue weighted by Crippen LogP contribution is -2.62. The third kappa shape index (κ3) is 5.24. The van der Waals surface area contributed by atoms with E-state index in [-0.39, 0.29) is 34.6 Å². The van der Waals surface area contributed by atoms with E-state index in [4.69, 9.17) is 7.48 Å². The molecule has 4 aliphatic rings. The summed E-state index contributed by atoms with van der Waals surface area (Å²) < 4.78 is 36.6. The van der Waals surface area contributed by atoms with E-state index >= 15 is 0 Å². The Morgan fingerprint density at radius 3 is 2.78 bits per heavy atom. The first-order chi connectivity index (χ1) is 20.5. The zero-order valence-electron chi connectivity index (χ0n) is 26.0. The van der Waals surface area contributed by atoms with E-state index < -0.39 is 24.3 Å². The third-order valence-electron chi connectivity index (χ3n) is 9.43. The van der Waals surface area contributed by atoms with Crippen LogP contribution in [0.4, 0.5) is 10.2 Å². The van der Waals surface area contributed by atoms with Gasteiger partial charge in [0, 0.05) is 46.9 Å². The van der Waals surface area contributed by atoms with E-state index in [1.807, 2.05) is 4.90 Å². The van der Waals surface area contributed by atoms with Gasteiger partial charge in [-0.3, -0.25) is 9.59 Å². The minimum atomic E-state index is -1.98. The highest BCUT2D eigenvalue weighted by Crippen LogP contribution is 2.45. The Hall–Kier alpha value is -3.34. The molecule has 6 rings (SSSR count). The molecule has 3 aliphatic heterocycles. The fourth-order valence-electron chi connectivity index (χ4n) is 7.21. The molecule has 3 atom stereocenters. The summed E-state index contributed by atoms with van der Waals surface area (Å²) in [5.41, 5.74) is -0.0479. The van der Waals surface area contributed by atoms with Crippen molar-refractivity contribution in [3.05, 3.63) is 35.9 Å². The molecule has 0 bridgehead atoms. The molecule has 1 aromatic carbocycles. The number of aromatic nitrogens is 3. The largest absolute Gasteiger partial charge is 0.434 e. The topological polar surface area (TPSA) is 104 Å². The van der Waals surface area contributed by atoms with Gasteiger partial charge < -0.3 is 24.8 Å². The summed E-state index contributed by atoms with van der Waals surface area (Å²) in [6.45, 7) is 6.59. The number of nitrogens with one attached hydrogen (secondary N) is 1. The molecule has 0 radical (unpaired) electrons. The minimum absolute atomic E-state index is 0.0296. The molecule has 4 heterocycles. The van der Waals surface area contributed by atoms with Crippen molar-refractivity contribution in [1.82, 2.24) is 30.3 Å². The zero-order valence-corrected chi connectivity index (χ0v) is 24.0. The summed E-state index contributed by atoms with van der Waals surface area (Å²) in [7, 11) is 0. The molecule has 10 nitrogen and oxygen atoms in total. The van der Waals surface area contributed by atoms with Crippen LogP contribution in [-0.2, 0) is 4.79 Å². The van der Waals surface area contributed by atoms with Gasteiger partial charge in [-0.15, -0.1) is 10.2 Å². The fraction of sp³-hybridized carbons (Fsp3) is 0.633. The molecule has 220 valence electrons. The summed E-state index contributed by atoms with van der Waals surface area (Å²) in [5.74, 6) is 0.642. The smallest absolute Gasteiger partial charge is 0.282 e. The van der Waals surface area contributed by atoms with Crippen LogP contribution in [0.25, 0.3) is 0 Å². The number of amides is 2. The van der Waals surface area contributed by atoms with Crippen molar-refractivity contribution in [3.63, 3.8) is 0 Å². The highest BCUT2D eigenvalue weighted by molar-refractivity contribution is 5.97. The second-order valence-corrected chi connectivity index (χ2v) is 12.2. The molecule has 1 spiro atoms. The molecular formula is C30H40FN7O3. The van der Waals surface area contributed by atoms with Crippen LogP contribution in [0.3, 0.4) is 0 Å². The average Bonchev–Trinajstić information content (AvgIpc) is 3.56. The van der Waals surface area contributed by atoms with Crippen molar-refractivity contribution in [2.24, 2.45) is 17.3 Å². The Morgan fingerprint density at radius 2 is 2.05 bits per heavy atom. The Kier molecular flexibility index (Phi) is 6.90. The number of rotatable bonds is 7. The van der Waals surface area contributed by atoms with Gasteiger partial charge in [-0.1, -0.05) is 6.42 Å². The van der Waals surface area contributed by atoms with Crippen molar-refractivity contribution in [2.45, 2.75) is 65.0 Å². The number of carbonyl (C=O) groups excluding carboxylic acids is 2. The molecule has 11 heteroatoms. The van der Waals surface area contributed by atoms with Gasteiger partial charge in [0.05, 0.1) is 11.6 Å². The predicted molar refractivity (Wildman–Crippen MR) is 151 cm³/mol. The van der Waals surface area contributed by atoms with E-state index in [9.17, 15) is 14.0 Å². The molecule has 2 aromatic rings. The Labute approximate surface area is 243 Å². The number of benzene rings is 1. The molecule has 1 N–H and O–H groups in total. The molecule has 41 heavy (non-hydrogen) atoms. The summed E-state index contributed by atoms with van der Waals surface area (Å²) in [6.07, 6.45) is 6.76. The van der Waals surface area contributed by atoms with Crippen molar-refractivity contribution in [3.8, 4) is 11.6 Å². The third-order valence-corrected chi connectivity index (χ3v) is 9.43. The van der Waals surface area contributed by atoms with Crippen LogP contribution in [-0.4, -0.2) is 88.1 Å². The van der Waals surface area contributed by atoms with Gasteiger partial charge in [0.15, 0.2) is 5.82 Å². The van der Waals surface area contributed by atoms with Gasteiger partial charge in [-0.2, -0.15) is 0 Å². The number of likely N-dealkylation sites (tertiary alicyclic amines) is 1. The summed E-state index contributed by atoms with van der Waals surface area (Å²) >= 11 is 0. The number of hydrogen-bond acceptors (Lipinski definition) is 8. The molecule has 1 aliphatic carbocycles. The molecule has 1 aromatic heterocycles. The van der Waals surface area contributed by atoms with E-state index in [1.165, 1.54) is 38.2 Å². The number of halogens is 1. The van der Waals surface area contributed by atoms with Crippen LogP contribution >= 0.6 is 0 Å². The first kappa shape index (κ1) is 25.4. The van der Waals surface area contributed by atoms with Crippen LogP contribution in [0.15, 0.2) is 24.5 Å². The van der Waals surface area contributed by atoms with Crippen LogP contribution in [0.1, 0.15) is 66.0 Å². The highest BCUT2D eigenvalue weighted by atomic mass is 19.1. The van der Waals surface area contributed by atoms with Crippen LogP contribution in [0.2, 0.25) is 0 Å². The van der Waals surface area contributed by atoms with Gasteiger partial charge in [-0.05, 0) is 83.0 Å². The zero-order chi connectivity index (χ0) is 30.5. The first-order valence-electron chi connectivity index (χ1n) is 15.7. The average molecular weight is 568 g/mol. The second kappa shape index (κ2) is 11.2. The number of carbonyl (C=O) groups is 2. The Morgan fingerprint density at radius 1 is 1.27 bits per heavy atom. The summed E-state index contributed by atoms with van der Waals surface area (Å²) in [5, 5.41) is 11.5. The molecule has 0 unspecified atom stereocenters. The quantitative estimate of drug-likeness (QED) is 0.543. The van der Waals surface area contributed by atoms with Crippen LogP contribution in [0.5, 0.6) is 11.6 Å². The summed E-state index contributed by atoms with van der Waals surface area (Å²) in [4.78, 5) is 36.3. The number of ether oxygens (including phenoxy) is 1. The Bertz CT molecular complexity index is 1370. The number of nitrogens with zero attached hydrogens (tertiary/aromatic N) is 6. The SMILES string of the molecule is [2H]C([2H])(C)N(C(=O)c1cc(F)ccc1Oc1nncnc1N1CC2(CCN(C(=O)[C@H]3NC[C@@H]4CCC[C@@H]43)CC2)C1)C(C)C. The number of hydrogen-bond donors (Lipinski definition) is 1. The van der Waals surface area contributed by atoms with Crippen LogP contribution in [0, 0.1) is 23.1 Å². The lowest BCUT2D eigenvalue weighted by molar-refractivity contribution is -0.136. The Balaban J connectivity index is 1.13. The van der Waals surface area contributed by atoms with E-state index in [0.717, 1.165) is 63.0 Å². The molecule has 3 saturated heterocycles. The maximum absolute atomic E-state index is 14.3. The molecular weight excluding hydrogens is 525 g/mol. The van der Waals surface area contributed by atoms with Crippen molar-refractivity contribution in [1.29, 1.82) is 0 Å². The lowest BCUT2D eigenvalue weighted by atomic mass is 9.72. The number of anilines is 1. The van der Waals surface area contributed by atoms with Gasteiger partial charge in [0.2, 0.25) is 5.91 Å². The molecule has 2 amide bonds. The summed E-state index contributed by atoms with van der Waals surface area (Å²) in [6, 6.07) is 3.05. The second-order valence-electron chi connectivity index (χ2n) is 12.2. The highest BCUT2D eigenvalue weighted by Gasteiger charge is 2.49. The minimum Gasteiger partial charge on any atom is -0.434 e. The van der Waals surface area contributed by atoms with Crippen LogP contribution < -0.4 is 15.0 Å². The van der Waals surface area contributed by atoms with Crippen molar-refractivity contribution < 1.29 is 21.5 Å². The number of fused-ring (bicyclic) bond motifs is 1. The maximum atomic E-state index is 14.3. The van der Waals surface area contributed by atoms with Gasteiger partial charge >= 0.3 is 0 Å². The lowest BCUT2D eigenvalue weighted by Gasteiger charge is -2.54. The molecule has 4 fully saturated rings. The molecule has 1 saturated carbocycles. The standard InChI is InChI=1S/C30H40FN7O3/c1-4-38(19(2)3)28(39)23-14-21(31)8-9-24(23)41-27-26(33-18-34-35-27)37-16-30(17-37)10-12-36(13-11-30)29(40)25-22-7-5-6-20(22)15-32-25/h8-9,14,18-20,22,25,32H,4-7,10-13,15-17H2,1-3H3/t20-,22-,25-/m0/s1/i4D2.